The SMILES string of the molecule is Cc1cnc(NC(=O)C=Cc2cccnc2)s1. The van der Waals surface area contributed by atoms with E-state index in [9.17, 15) is 4.79 Å². The van der Waals surface area contributed by atoms with Crippen molar-refractivity contribution in [3.63, 3.8) is 0 Å². The third-order valence-corrected chi connectivity index (χ3v) is 2.79. The molecule has 0 bridgehead atoms. The van der Waals surface area contributed by atoms with E-state index in [2.05, 4.69) is 15.3 Å². The minimum Gasteiger partial charge on any atom is -0.298 e. The van der Waals surface area contributed by atoms with E-state index in [-0.39, 0.29) is 5.91 Å². The normalized spacial score (nSPS) is 10.6. The highest BCUT2D eigenvalue weighted by Crippen LogP contribution is 2.16. The Bertz CT molecular complexity index is 534. The molecule has 0 atom stereocenters. The van der Waals surface area contributed by atoms with Crippen LogP contribution in [-0.4, -0.2) is 15.9 Å². The molecule has 2 heterocycles. The summed E-state index contributed by atoms with van der Waals surface area (Å²) in [6.07, 6.45) is 8.29. The average molecular weight is 245 g/mol. The Hall–Kier alpha value is -2.01. The highest BCUT2D eigenvalue weighted by Gasteiger charge is 2.01. The van der Waals surface area contributed by atoms with E-state index in [4.69, 9.17) is 0 Å². The van der Waals surface area contributed by atoms with Gasteiger partial charge in [0.1, 0.15) is 0 Å². The lowest BCUT2D eigenvalue weighted by molar-refractivity contribution is -0.111. The fraction of sp³-hybridized carbons (Fsp3) is 0.0833. The molecule has 0 fully saturated rings. The van der Waals surface area contributed by atoms with Crippen molar-refractivity contribution in [3.05, 3.63) is 47.2 Å². The smallest absolute Gasteiger partial charge is 0.250 e. The van der Waals surface area contributed by atoms with Crippen LogP contribution in [0.25, 0.3) is 6.08 Å². The first-order valence-corrected chi connectivity index (χ1v) is 5.87. The third-order valence-electron chi connectivity index (χ3n) is 1.96. The molecule has 1 amide bonds. The van der Waals surface area contributed by atoms with Crippen LogP contribution in [0.5, 0.6) is 0 Å². The zero-order valence-electron chi connectivity index (χ0n) is 9.25. The van der Waals surface area contributed by atoms with Gasteiger partial charge in [0.2, 0.25) is 5.91 Å². The zero-order valence-corrected chi connectivity index (χ0v) is 10.1. The van der Waals surface area contributed by atoms with Gasteiger partial charge in [-0.2, -0.15) is 0 Å². The topological polar surface area (TPSA) is 54.9 Å². The monoisotopic (exact) mass is 245 g/mol. The van der Waals surface area contributed by atoms with Gasteiger partial charge in [-0.25, -0.2) is 4.98 Å². The molecule has 0 saturated carbocycles. The number of rotatable bonds is 3. The Morgan fingerprint density at radius 3 is 3.00 bits per heavy atom. The van der Waals surface area contributed by atoms with Crippen molar-refractivity contribution in [2.45, 2.75) is 6.92 Å². The quantitative estimate of drug-likeness (QED) is 0.845. The zero-order chi connectivity index (χ0) is 12.1. The molecule has 0 unspecified atom stereocenters. The fourth-order valence-electron chi connectivity index (χ4n) is 1.21. The van der Waals surface area contributed by atoms with Crippen molar-refractivity contribution in [2.75, 3.05) is 5.32 Å². The number of aromatic nitrogens is 2. The predicted octanol–water partition coefficient (Wildman–Crippen LogP) is 2.50. The van der Waals surface area contributed by atoms with Gasteiger partial charge < -0.3 is 0 Å². The van der Waals surface area contributed by atoms with Gasteiger partial charge in [-0.05, 0) is 24.6 Å². The predicted molar refractivity (Wildman–Crippen MR) is 68.8 cm³/mol. The molecule has 0 radical (unpaired) electrons. The Morgan fingerprint density at radius 1 is 1.47 bits per heavy atom. The number of anilines is 1. The summed E-state index contributed by atoms with van der Waals surface area (Å²) in [7, 11) is 0. The second kappa shape index (κ2) is 5.36. The van der Waals surface area contributed by atoms with Gasteiger partial charge in [0.25, 0.3) is 0 Å². The highest BCUT2D eigenvalue weighted by molar-refractivity contribution is 7.15. The van der Waals surface area contributed by atoms with Gasteiger partial charge in [-0.15, -0.1) is 11.3 Å². The maximum Gasteiger partial charge on any atom is 0.250 e. The van der Waals surface area contributed by atoms with Crippen LogP contribution >= 0.6 is 11.3 Å². The van der Waals surface area contributed by atoms with Crippen LogP contribution in [0.15, 0.2) is 36.8 Å². The van der Waals surface area contributed by atoms with Crippen LogP contribution in [0.2, 0.25) is 0 Å². The van der Waals surface area contributed by atoms with Gasteiger partial charge >= 0.3 is 0 Å². The van der Waals surface area contributed by atoms with Crippen LogP contribution in [0.3, 0.4) is 0 Å². The lowest BCUT2D eigenvalue weighted by Crippen LogP contribution is -2.07. The number of carbonyl (C=O) groups is 1. The summed E-state index contributed by atoms with van der Waals surface area (Å²) in [5, 5.41) is 3.31. The first kappa shape index (κ1) is 11.5. The Balaban J connectivity index is 1.96. The third kappa shape index (κ3) is 3.49. The number of thiazole rings is 1. The molecule has 0 aliphatic heterocycles. The Kier molecular flexibility index (Phi) is 3.62. The second-order valence-corrected chi connectivity index (χ2v) is 4.62. The molecule has 0 aliphatic carbocycles. The number of pyridine rings is 1. The molecule has 2 aromatic rings. The van der Waals surface area contributed by atoms with Gasteiger partial charge in [-0.1, -0.05) is 6.07 Å². The first-order chi connectivity index (χ1) is 8.24. The van der Waals surface area contributed by atoms with Gasteiger partial charge in [0, 0.05) is 29.5 Å². The number of amides is 1. The number of carbonyl (C=O) groups excluding carboxylic acids is 1. The summed E-state index contributed by atoms with van der Waals surface area (Å²) < 4.78 is 0. The molecule has 86 valence electrons. The lowest BCUT2D eigenvalue weighted by atomic mass is 10.2. The molecule has 17 heavy (non-hydrogen) atoms. The van der Waals surface area contributed by atoms with E-state index in [1.807, 2.05) is 19.1 Å². The molecule has 0 spiro atoms. The van der Waals surface area contributed by atoms with Crippen LogP contribution in [0.1, 0.15) is 10.4 Å². The van der Waals surface area contributed by atoms with Crippen molar-refractivity contribution in [1.29, 1.82) is 0 Å². The van der Waals surface area contributed by atoms with E-state index in [1.54, 1.807) is 24.7 Å². The number of nitrogens with zero attached hydrogens (tertiary/aromatic N) is 2. The summed E-state index contributed by atoms with van der Waals surface area (Å²) in [6, 6.07) is 3.70. The summed E-state index contributed by atoms with van der Waals surface area (Å²) in [5.74, 6) is -0.191. The maximum atomic E-state index is 11.5. The molecule has 0 saturated heterocycles. The summed E-state index contributed by atoms with van der Waals surface area (Å²) in [4.78, 5) is 20.6. The molecule has 2 aromatic heterocycles. The van der Waals surface area contributed by atoms with Gasteiger partial charge in [0.15, 0.2) is 5.13 Å². The average Bonchev–Trinajstić information content (AvgIpc) is 2.73. The maximum absolute atomic E-state index is 11.5. The van der Waals surface area contributed by atoms with Crippen molar-refractivity contribution in [3.8, 4) is 0 Å². The van der Waals surface area contributed by atoms with Crippen molar-refractivity contribution in [1.82, 2.24) is 9.97 Å². The largest absolute Gasteiger partial charge is 0.298 e. The van der Waals surface area contributed by atoms with Gasteiger partial charge in [0.05, 0.1) is 0 Å². The number of aryl methyl sites for hydroxylation is 1. The van der Waals surface area contributed by atoms with Crippen molar-refractivity contribution in [2.24, 2.45) is 0 Å². The van der Waals surface area contributed by atoms with Crippen molar-refractivity contribution >= 4 is 28.5 Å². The van der Waals surface area contributed by atoms with E-state index in [0.29, 0.717) is 5.13 Å². The van der Waals surface area contributed by atoms with Crippen LogP contribution < -0.4 is 5.32 Å². The van der Waals surface area contributed by atoms with Gasteiger partial charge in [-0.3, -0.25) is 15.1 Å². The second-order valence-electron chi connectivity index (χ2n) is 3.39. The highest BCUT2D eigenvalue weighted by atomic mass is 32.1. The minimum atomic E-state index is -0.191. The summed E-state index contributed by atoms with van der Waals surface area (Å²) in [6.45, 7) is 1.94. The lowest BCUT2D eigenvalue weighted by Gasteiger charge is -1.95. The van der Waals surface area contributed by atoms with Crippen molar-refractivity contribution < 1.29 is 4.79 Å². The summed E-state index contributed by atoms with van der Waals surface area (Å²) >= 11 is 1.45. The molecular formula is C12H11N3OS. The van der Waals surface area contributed by atoms with E-state index >= 15 is 0 Å². The standard InChI is InChI=1S/C12H11N3OS/c1-9-7-14-12(17-9)15-11(16)5-4-10-3-2-6-13-8-10/h2-8H,1H3,(H,14,15,16). The molecule has 4 nitrogen and oxygen atoms in total. The number of nitrogens with one attached hydrogen (secondary N) is 1. The van der Waals surface area contributed by atoms with E-state index < -0.39 is 0 Å². The molecular weight excluding hydrogens is 234 g/mol. The number of hydrogen-bond acceptors (Lipinski definition) is 4. The van der Waals surface area contributed by atoms with Crippen LogP contribution in [0.4, 0.5) is 5.13 Å². The van der Waals surface area contributed by atoms with Crippen LogP contribution in [-0.2, 0) is 4.79 Å². The summed E-state index contributed by atoms with van der Waals surface area (Å²) in [5.41, 5.74) is 0.887. The van der Waals surface area contributed by atoms with Crippen LogP contribution in [0, 0.1) is 6.92 Å². The van der Waals surface area contributed by atoms with E-state index in [1.165, 1.54) is 17.4 Å². The molecule has 0 aliphatic rings. The minimum absolute atomic E-state index is 0.191. The Labute approximate surface area is 103 Å². The molecule has 2 rings (SSSR count). The number of hydrogen-bond donors (Lipinski definition) is 1. The molecule has 0 aromatic carbocycles. The fourth-order valence-corrected chi connectivity index (χ4v) is 1.87. The Morgan fingerprint density at radius 2 is 2.35 bits per heavy atom. The van der Waals surface area contributed by atoms with E-state index in [0.717, 1.165) is 10.4 Å². The molecule has 1 N–H and O–H groups in total. The molecule has 5 heteroatoms. The first-order valence-electron chi connectivity index (χ1n) is 5.05.